The van der Waals surface area contributed by atoms with Crippen LogP contribution < -0.4 is 10.1 Å². The molecule has 2 bridgehead atoms. The quantitative estimate of drug-likeness (QED) is 0.831. The van der Waals surface area contributed by atoms with Crippen LogP contribution >= 0.6 is 0 Å². The second kappa shape index (κ2) is 6.17. The SMILES string of the molecule is COc1ccccc1NC(=O)CCN1C(=O)C2C3CCC(C3)C2C1=O. The number of anilines is 1. The van der Waals surface area contributed by atoms with Crippen molar-refractivity contribution >= 4 is 23.4 Å². The van der Waals surface area contributed by atoms with Gasteiger partial charge in [-0.1, -0.05) is 12.1 Å². The van der Waals surface area contributed by atoms with E-state index < -0.39 is 0 Å². The number of hydrogen-bond acceptors (Lipinski definition) is 4. The first-order valence-electron chi connectivity index (χ1n) is 8.88. The van der Waals surface area contributed by atoms with Gasteiger partial charge >= 0.3 is 0 Å². The summed E-state index contributed by atoms with van der Waals surface area (Å²) in [5.41, 5.74) is 0.587. The molecule has 132 valence electrons. The summed E-state index contributed by atoms with van der Waals surface area (Å²) in [6, 6.07) is 7.15. The fourth-order valence-electron chi connectivity index (χ4n) is 4.86. The predicted molar refractivity (Wildman–Crippen MR) is 90.8 cm³/mol. The van der Waals surface area contributed by atoms with E-state index in [2.05, 4.69) is 5.32 Å². The van der Waals surface area contributed by atoms with Crippen molar-refractivity contribution in [3.8, 4) is 5.75 Å². The van der Waals surface area contributed by atoms with Gasteiger partial charge in [-0.15, -0.1) is 0 Å². The Labute approximate surface area is 146 Å². The lowest BCUT2D eigenvalue weighted by Crippen LogP contribution is -2.35. The van der Waals surface area contributed by atoms with Crippen LogP contribution in [-0.4, -0.2) is 36.3 Å². The van der Waals surface area contributed by atoms with Gasteiger partial charge in [0, 0.05) is 13.0 Å². The van der Waals surface area contributed by atoms with Crippen molar-refractivity contribution in [3.63, 3.8) is 0 Å². The number of carbonyl (C=O) groups is 3. The van der Waals surface area contributed by atoms with Gasteiger partial charge in [-0.2, -0.15) is 0 Å². The molecule has 1 heterocycles. The zero-order valence-electron chi connectivity index (χ0n) is 14.2. The molecular formula is C19H22N2O4. The number of methoxy groups -OCH3 is 1. The summed E-state index contributed by atoms with van der Waals surface area (Å²) >= 11 is 0. The number of likely N-dealkylation sites (tertiary alicyclic amines) is 1. The van der Waals surface area contributed by atoms with Crippen LogP contribution in [0.1, 0.15) is 25.7 Å². The van der Waals surface area contributed by atoms with Gasteiger partial charge in [-0.3, -0.25) is 19.3 Å². The van der Waals surface area contributed by atoms with E-state index in [0.717, 1.165) is 19.3 Å². The molecule has 2 saturated carbocycles. The third-order valence-corrected chi connectivity index (χ3v) is 5.96. The van der Waals surface area contributed by atoms with E-state index in [1.54, 1.807) is 19.2 Å². The third kappa shape index (κ3) is 2.60. The minimum absolute atomic E-state index is 0.0627. The highest BCUT2D eigenvalue weighted by atomic mass is 16.5. The fourth-order valence-corrected chi connectivity index (χ4v) is 4.86. The Morgan fingerprint density at radius 2 is 1.80 bits per heavy atom. The summed E-state index contributed by atoms with van der Waals surface area (Å²) in [6.07, 6.45) is 3.25. The van der Waals surface area contributed by atoms with E-state index in [0.29, 0.717) is 23.3 Å². The first-order valence-corrected chi connectivity index (χ1v) is 8.88. The number of fused-ring (bicyclic) bond motifs is 5. The lowest BCUT2D eigenvalue weighted by Gasteiger charge is -2.19. The van der Waals surface area contributed by atoms with Crippen molar-refractivity contribution in [1.82, 2.24) is 4.90 Å². The molecule has 6 nitrogen and oxygen atoms in total. The van der Waals surface area contributed by atoms with Crippen molar-refractivity contribution in [2.24, 2.45) is 23.7 Å². The molecule has 1 aromatic rings. The maximum atomic E-state index is 12.6. The van der Waals surface area contributed by atoms with E-state index in [-0.39, 0.29) is 42.5 Å². The molecule has 6 heteroatoms. The Balaban J connectivity index is 1.38. The third-order valence-electron chi connectivity index (χ3n) is 5.96. The Morgan fingerprint density at radius 1 is 1.16 bits per heavy atom. The zero-order valence-corrected chi connectivity index (χ0v) is 14.2. The molecule has 4 rings (SSSR count). The molecule has 0 aromatic heterocycles. The minimum Gasteiger partial charge on any atom is -0.495 e. The Bertz CT molecular complexity index is 704. The summed E-state index contributed by atoms with van der Waals surface area (Å²) in [4.78, 5) is 38.8. The number of para-hydroxylation sites is 2. The summed E-state index contributed by atoms with van der Waals surface area (Å²) in [6.45, 7) is 0.158. The molecule has 3 amide bonds. The molecule has 4 atom stereocenters. The summed E-state index contributed by atoms with van der Waals surface area (Å²) in [5.74, 6) is 0.727. The second-order valence-electron chi connectivity index (χ2n) is 7.21. The first kappa shape index (κ1) is 16.1. The highest BCUT2D eigenvalue weighted by Gasteiger charge is 2.60. The standard InChI is InChI=1S/C19H22N2O4/c1-25-14-5-3-2-4-13(14)20-15(22)8-9-21-18(23)16-11-6-7-12(10-11)17(16)19(21)24/h2-5,11-12,16-17H,6-10H2,1H3,(H,20,22). The smallest absolute Gasteiger partial charge is 0.233 e. The normalized spacial score (nSPS) is 29.9. The first-order chi connectivity index (χ1) is 12.1. The van der Waals surface area contributed by atoms with Gasteiger partial charge in [-0.25, -0.2) is 0 Å². The lowest BCUT2D eigenvalue weighted by atomic mass is 9.81. The van der Waals surface area contributed by atoms with Gasteiger partial charge in [0.1, 0.15) is 5.75 Å². The number of nitrogens with one attached hydrogen (secondary N) is 1. The summed E-state index contributed by atoms with van der Waals surface area (Å²) in [5, 5.41) is 2.78. The zero-order chi connectivity index (χ0) is 17.6. The van der Waals surface area contributed by atoms with Crippen molar-refractivity contribution in [2.45, 2.75) is 25.7 Å². The molecule has 4 unspecified atom stereocenters. The van der Waals surface area contributed by atoms with Crippen molar-refractivity contribution in [1.29, 1.82) is 0 Å². The molecule has 1 saturated heterocycles. The highest BCUT2D eigenvalue weighted by Crippen LogP contribution is 2.56. The average molecular weight is 342 g/mol. The number of amides is 3. The van der Waals surface area contributed by atoms with Crippen LogP contribution in [0.4, 0.5) is 5.69 Å². The van der Waals surface area contributed by atoms with Gasteiger partial charge in [-0.05, 0) is 43.2 Å². The van der Waals surface area contributed by atoms with Crippen molar-refractivity contribution < 1.29 is 19.1 Å². The van der Waals surface area contributed by atoms with E-state index in [1.807, 2.05) is 12.1 Å². The largest absolute Gasteiger partial charge is 0.495 e. The van der Waals surface area contributed by atoms with Gasteiger partial charge in [0.05, 0.1) is 24.6 Å². The number of nitrogens with zero attached hydrogens (tertiary/aromatic N) is 1. The Hall–Kier alpha value is -2.37. The molecule has 3 fully saturated rings. The fraction of sp³-hybridized carbons (Fsp3) is 0.526. The van der Waals surface area contributed by atoms with Gasteiger partial charge in [0.25, 0.3) is 0 Å². The van der Waals surface area contributed by atoms with E-state index in [1.165, 1.54) is 4.90 Å². The maximum absolute atomic E-state index is 12.6. The Kier molecular flexibility index (Phi) is 3.98. The second-order valence-corrected chi connectivity index (χ2v) is 7.21. The van der Waals surface area contributed by atoms with Crippen LogP contribution in [0.5, 0.6) is 5.75 Å². The number of ether oxygens (including phenoxy) is 1. The van der Waals surface area contributed by atoms with E-state index in [4.69, 9.17) is 4.74 Å². The van der Waals surface area contributed by atoms with Crippen LogP contribution in [0.2, 0.25) is 0 Å². The number of hydrogen-bond donors (Lipinski definition) is 1. The molecule has 0 spiro atoms. The Morgan fingerprint density at radius 3 is 2.44 bits per heavy atom. The number of carbonyl (C=O) groups excluding carboxylic acids is 3. The molecule has 1 aliphatic heterocycles. The van der Waals surface area contributed by atoms with Crippen LogP contribution in [0.25, 0.3) is 0 Å². The minimum atomic E-state index is -0.231. The summed E-state index contributed by atoms with van der Waals surface area (Å²) in [7, 11) is 1.54. The van der Waals surface area contributed by atoms with Gasteiger partial charge in [0.2, 0.25) is 17.7 Å². The van der Waals surface area contributed by atoms with Crippen LogP contribution in [0, 0.1) is 23.7 Å². The van der Waals surface area contributed by atoms with Crippen molar-refractivity contribution in [2.75, 3.05) is 19.0 Å². The number of benzene rings is 1. The van der Waals surface area contributed by atoms with Crippen LogP contribution in [-0.2, 0) is 14.4 Å². The number of imide groups is 1. The van der Waals surface area contributed by atoms with E-state index >= 15 is 0 Å². The van der Waals surface area contributed by atoms with Crippen molar-refractivity contribution in [3.05, 3.63) is 24.3 Å². The molecule has 2 aliphatic carbocycles. The van der Waals surface area contributed by atoms with Crippen LogP contribution in [0.3, 0.4) is 0 Å². The average Bonchev–Trinajstić information content (AvgIpc) is 3.28. The highest BCUT2D eigenvalue weighted by molar-refractivity contribution is 6.06. The van der Waals surface area contributed by atoms with Crippen LogP contribution in [0.15, 0.2) is 24.3 Å². The van der Waals surface area contributed by atoms with Gasteiger partial charge < -0.3 is 10.1 Å². The molecule has 0 radical (unpaired) electrons. The summed E-state index contributed by atoms with van der Waals surface area (Å²) < 4.78 is 5.21. The molecule has 25 heavy (non-hydrogen) atoms. The molecule has 1 N–H and O–H groups in total. The number of rotatable bonds is 5. The van der Waals surface area contributed by atoms with Gasteiger partial charge in [0.15, 0.2) is 0 Å². The maximum Gasteiger partial charge on any atom is 0.233 e. The molecule has 1 aromatic carbocycles. The monoisotopic (exact) mass is 342 g/mol. The topological polar surface area (TPSA) is 75.7 Å². The lowest BCUT2D eigenvalue weighted by molar-refractivity contribution is -0.140. The molecule has 3 aliphatic rings. The van der Waals surface area contributed by atoms with E-state index in [9.17, 15) is 14.4 Å². The molecular weight excluding hydrogens is 320 g/mol. The predicted octanol–water partition coefficient (Wildman–Crippen LogP) is 2.05.